The average Bonchev–Trinajstić information content (AvgIpc) is 2.95. The van der Waals surface area contributed by atoms with E-state index in [-0.39, 0.29) is 27.8 Å². The van der Waals surface area contributed by atoms with Crippen molar-refractivity contribution in [1.29, 1.82) is 0 Å². The van der Waals surface area contributed by atoms with Crippen LogP contribution in [0.3, 0.4) is 0 Å². The maximum absolute atomic E-state index is 15.1. The summed E-state index contributed by atoms with van der Waals surface area (Å²) in [5, 5.41) is 0. The highest BCUT2D eigenvalue weighted by Gasteiger charge is 2.16. The number of hydrogen-bond donors (Lipinski definition) is 0. The first-order valence-electron chi connectivity index (χ1n) is 11.8. The lowest BCUT2D eigenvalue weighted by Gasteiger charge is -2.10. The molecule has 0 nitrogen and oxygen atoms in total. The molecule has 200 valence electrons. The lowest BCUT2D eigenvalue weighted by Crippen LogP contribution is -1.94. The Hall–Kier alpha value is -4.72. The maximum atomic E-state index is 15.1. The molecule has 5 aromatic rings. The third-order valence-corrected chi connectivity index (χ3v) is 6.40. The second kappa shape index (κ2) is 10.8. The van der Waals surface area contributed by atoms with Gasteiger partial charge in [-0.3, -0.25) is 0 Å². The van der Waals surface area contributed by atoms with E-state index in [0.29, 0.717) is 28.8 Å². The largest absolute Gasteiger partial charge is 0.306 e. The van der Waals surface area contributed by atoms with E-state index < -0.39 is 41.0 Å². The van der Waals surface area contributed by atoms with Crippen LogP contribution in [0.25, 0.3) is 50.3 Å². The van der Waals surface area contributed by atoms with E-state index in [2.05, 4.69) is 0 Å². The van der Waals surface area contributed by atoms with Crippen molar-refractivity contribution in [1.82, 2.24) is 0 Å². The normalized spacial score (nSPS) is 11.0. The first-order chi connectivity index (χ1) is 19.1. The van der Waals surface area contributed by atoms with Crippen LogP contribution in [0, 0.1) is 29.1 Å². The van der Waals surface area contributed by atoms with Gasteiger partial charge in [-0.1, -0.05) is 72.8 Å². The summed E-state index contributed by atoms with van der Waals surface area (Å²) in [5.74, 6) is -7.66. The molecule has 0 aliphatic carbocycles. The van der Waals surface area contributed by atoms with Crippen molar-refractivity contribution in [2.24, 2.45) is 0 Å². The second-order valence-electron chi connectivity index (χ2n) is 8.87. The zero-order chi connectivity index (χ0) is 28.6. The monoisotopic (exact) mass is 552 g/mol. The Balaban J connectivity index is 1.38. The van der Waals surface area contributed by atoms with Crippen molar-refractivity contribution in [3.8, 4) is 44.5 Å². The fraction of sp³-hybridized carbons (Fsp3) is 0. The van der Waals surface area contributed by atoms with Crippen LogP contribution in [-0.2, 0) is 0 Å². The second-order valence-corrected chi connectivity index (χ2v) is 8.87. The van der Waals surface area contributed by atoms with Gasteiger partial charge in [0.1, 0.15) is 11.6 Å². The van der Waals surface area contributed by atoms with Crippen LogP contribution in [0.15, 0.2) is 103 Å². The van der Waals surface area contributed by atoms with Gasteiger partial charge < -0.3 is 0 Å². The van der Waals surface area contributed by atoms with Crippen molar-refractivity contribution >= 4 is 5.83 Å². The minimum Gasteiger partial charge on any atom is -0.206 e. The Morgan fingerprint density at radius 2 is 0.750 bits per heavy atom. The Bertz CT molecular complexity index is 1730. The van der Waals surface area contributed by atoms with E-state index in [1.165, 1.54) is 48.5 Å². The minimum absolute atomic E-state index is 0.0911. The zero-order valence-corrected chi connectivity index (χ0v) is 20.3. The minimum atomic E-state index is -2.39. The van der Waals surface area contributed by atoms with E-state index in [1.807, 2.05) is 0 Å². The Kier molecular flexibility index (Phi) is 7.26. The van der Waals surface area contributed by atoms with Crippen LogP contribution in [-0.4, -0.2) is 0 Å². The molecule has 0 fully saturated rings. The molecule has 0 unspecified atom stereocenters. The van der Waals surface area contributed by atoms with Crippen LogP contribution in [0.1, 0.15) is 5.56 Å². The Labute approximate surface area is 223 Å². The van der Waals surface area contributed by atoms with Gasteiger partial charge in [-0.2, -0.15) is 8.78 Å². The predicted molar refractivity (Wildman–Crippen MR) is 138 cm³/mol. The van der Waals surface area contributed by atoms with Crippen molar-refractivity contribution in [3.63, 3.8) is 0 Å². The molecule has 0 saturated carbocycles. The summed E-state index contributed by atoms with van der Waals surface area (Å²) >= 11 is 0. The molecule has 8 heteroatoms. The van der Waals surface area contributed by atoms with E-state index in [0.717, 1.165) is 11.6 Å². The third kappa shape index (κ3) is 5.25. The molecule has 0 spiro atoms. The highest BCUT2D eigenvalue weighted by Crippen LogP contribution is 2.33. The summed E-state index contributed by atoms with van der Waals surface area (Å²) in [6.07, 6.45) is -2.39. The van der Waals surface area contributed by atoms with Crippen LogP contribution < -0.4 is 0 Å². The fourth-order valence-corrected chi connectivity index (χ4v) is 4.33. The summed E-state index contributed by atoms with van der Waals surface area (Å²) in [5.41, 5.74) is 2.26. The number of hydrogen-bond acceptors (Lipinski definition) is 0. The molecule has 0 aliphatic rings. The predicted octanol–water partition coefficient (Wildman–Crippen LogP) is 10.6. The van der Waals surface area contributed by atoms with Gasteiger partial charge in [0.05, 0.1) is 0 Å². The van der Waals surface area contributed by atoms with Crippen molar-refractivity contribution < 1.29 is 35.1 Å². The standard InChI is InChI=1S/C32H16F8/c33-26-13-21(19-3-1-17(2-4-19)18-5-7-20(8-6-18)30(37)32(39)40)9-11-24(26)22-10-12-25(27(34)14-22)23-15-28(35)31(38)29(36)16-23/h1-16H. The molecule has 5 aromatic carbocycles. The molecule has 0 aromatic heterocycles. The number of benzene rings is 5. The molecule has 5 rings (SSSR count). The van der Waals surface area contributed by atoms with Crippen LogP contribution in [0.4, 0.5) is 35.1 Å². The third-order valence-electron chi connectivity index (χ3n) is 6.40. The van der Waals surface area contributed by atoms with Crippen molar-refractivity contribution in [3.05, 3.63) is 138 Å². The van der Waals surface area contributed by atoms with Gasteiger partial charge in [-0.05, 0) is 57.6 Å². The van der Waals surface area contributed by atoms with Crippen LogP contribution in [0.2, 0.25) is 0 Å². The number of rotatable bonds is 5. The smallest absolute Gasteiger partial charge is 0.206 e. The fourth-order valence-electron chi connectivity index (χ4n) is 4.33. The lowest BCUT2D eigenvalue weighted by atomic mass is 9.96. The summed E-state index contributed by atoms with van der Waals surface area (Å²) in [6, 6.07) is 21.8. The molecule has 0 aliphatic heterocycles. The summed E-state index contributed by atoms with van der Waals surface area (Å²) in [7, 11) is 0. The Morgan fingerprint density at radius 1 is 0.375 bits per heavy atom. The van der Waals surface area contributed by atoms with Crippen LogP contribution in [0.5, 0.6) is 0 Å². The van der Waals surface area contributed by atoms with Gasteiger partial charge in [-0.15, -0.1) is 0 Å². The van der Waals surface area contributed by atoms with Crippen LogP contribution >= 0.6 is 0 Å². The van der Waals surface area contributed by atoms with Gasteiger partial charge in [0.25, 0.3) is 0 Å². The molecule has 0 bridgehead atoms. The highest BCUT2D eigenvalue weighted by molar-refractivity contribution is 5.76. The molecule has 0 atom stereocenters. The van der Waals surface area contributed by atoms with Crippen molar-refractivity contribution in [2.45, 2.75) is 0 Å². The molecule has 40 heavy (non-hydrogen) atoms. The summed E-state index contributed by atoms with van der Waals surface area (Å²) in [6.45, 7) is 0. The van der Waals surface area contributed by atoms with Gasteiger partial charge in [0.15, 0.2) is 23.3 Å². The Morgan fingerprint density at radius 3 is 1.25 bits per heavy atom. The van der Waals surface area contributed by atoms with E-state index >= 15 is 4.39 Å². The first-order valence-corrected chi connectivity index (χ1v) is 11.8. The molecule has 0 N–H and O–H groups in total. The van der Waals surface area contributed by atoms with E-state index in [1.54, 1.807) is 30.3 Å². The molecule has 0 amide bonds. The zero-order valence-electron chi connectivity index (χ0n) is 20.3. The van der Waals surface area contributed by atoms with Gasteiger partial charge in [-0.25, -0.2) is 26.3 Å². The topological polar surface area (TPSA) is 0 Å². The van der Waals surface area contributed by atoms with Gasteiger partial charge >= 0.3 is 6.08 Å². The van der Waals surface area contributed by atoms with E-state index in [9.17, 15) is 30.7 Å². The van der Waals surface area contributed by atoms with Gasteiger partial charge in [0, 0.05) is 16.7 Å². The quantitative estimate of drug-likeness (QED) is 0.150. The first kappa shape index (κ1) is 26.9. The number of halogens is 8. The molecular formula is C32H16F8. The van der Waals surface area contributed by atoms with E-state index in [4.69, 9.17) is 0 Å². The molecule has 0 heterocycles. The maximum Gasteiger partial charge on any atom is 0.306 e. The molecule has 0 radical (unpaired) electrons. The summed E-state index contributed by atoms with van der Waals surface area (Å²) < 4.78 is 109. The molecule has 0 saturated heterocycles. The van der Waals surface area contributed by atoms with Gasteiger partial charge in [0.2, 0.25) is 0 Å². The highest BCUT2D eigenvalue weighted by atomic mass is 19.3. The molecular weight excluding hydrogens is 536 g/mol. The van der Waals surface area contributed by atoms with Crippen molar-refractivity contribution in [2.75, 3.05) is 0 Å². The average molecular weight is 552 g/mol. The lowest BCUT2D eigenvalue weighted by molar-refractivity contribution is 0.410. The SMILES string of the molecule is FC(F)=C(F)c1ccc(-c2ccc(-c3ccc(-c4ccc(-c5cc(F)c(F)c(F)c5)c(F)c4)c(F)c3)cc2)cc1. The summed E-state index contributed by atoms with van der Waals surface area (Å²) in [4.78, 5) is 0.